The Morgan fingerprint density at radius 3 is 2.76 bits per heavy atom. The molecule has 1 aromatic carbocycles. The van der Waals surface area contributed by atoms with Crippen LogP contribution in [0.15, 0.2) is 30.6 Å². The van der Waals surface area contributed by atoms with Crippen LogP contribution in [0.2, 0.25) is 0 Å². The molecule has 3 aromatic rings. The molecular formula is C21H26N6O2. The number of benzene rings is 1. The summed E-state index contributed by atoms with van der Waals surface area (Å²) < 4.78 is 7.65. The smallest absolute Gasteiger partial charge is 0.260 e. The number of para-hydroxylation sites is 1. The average molecular weight is 394 g/mol. The predicted molar refractivity (Wildman–Crippen MR) is 110 cm³/mol. The van der Waals surface area contributed by atoms with Crippen LogP contribution in [-0.2, 0) is 11.3 Å². The molecule has 0 unspecified atom stereocenters. The van der Waals surface area contributed by atoms with E-state index in [1.807, 2.05) is 41.6 Å². The molecule has 1 atom stereocenters. The first kappa shape index (κ1) is 19.3. The van der Waals surface area contributed by atoms with E-state index >= 15 is 0 Å². The van der Waals surface area contributed by atoms with Gasteiger partial charge in [0, 0.05) is 37.9 Å². The van der Waals surface area contributed by atoms with E-state index in [2.05, 4.69) is 9.97 Å². The van der Waals surface area contributed by atoms with Gasteiger partial charge in [-0.25, -0.2) is 14.6 Å². The van der Waals surface area contributed by atoms with Crippen LogP contribution in [-0.4, -0.2) is 56.8 Å². The van der Waals surface area contributed by atoms with Crippen LogP contribution in [0.5, 0.6) is 5.75 Å². The van der Waals surface area contributed by atoms with E-state index in [0.717, 1.165) is 40.2 Å². The summed E-state index contributed by atoms with van der Waals surface area (Å²) >= 11 is 0. The summed E-state index contributed by atoms with van der Waals surface area (Å²) in [5.74, 6) is 0.919. The largest absolute Gasteiger partial charge is 0.483 e. The highest BCUT2D eigenvalue weighted by Crippen LogP contribution is 2.30. The SMILES string of the molecule is Cc1cccc(C)c1OCC(=O)N1CC[C@H](c2nn(CCN)c3nccnc23)C1. The molecule has 1 saturated heterocycles. The molecule has 8 nitrogen and oxygen atoms in total. The van der Waals surface area contributed by atoms with Gasteiger partial charge in [0.25, 0.3) is 5.91 Å². The van der Waals surface area contributed by atoms with E-state index in [0.29, 0.717) is 26.2 Å². The molecule has 29 heavy (non-hydrogen) atoms. The van der Waals surface area contributed by atoms with Crippen LogP contribution in [0.4, 0.5) is 0 Å². The fourth-order valence-corrected chi connectivity index (χ4v) is 3.94. The van der Waals surface area contributed by atoms with Gasteiger partial charge < -0.3 is 15.4 Å². The van der Waals surface area contributed by atoms with Crippen LogP contribution in [0.3, 0.4) is 0 Å². The van der Waals surface area contributed by atoms with E-state index < -0.39 is 0 Å². The van der Waals surface area contributed by atoms with Gasteiger partial charge in [0.1, 0.15) is 11.3 Å². The van der Waals surface area contributed by atoms with Crippen LogP contribution < -0.4 is 10.5 Å². The Labute approximate surface area is 169 Å². The first-order valence-corrected chi connectivity index (χ1v) is 9.92. The number of ether oxygens (including phenoxy) is 1. The number of amides is 1. The molecule has 1 fully saturated rings. The van der Waals surface area contributed by atoms with Gasteiger partial charge in [0.15, 0.2) is 12.3 Å². The lowest BCUT2D eigenvalue weighted by Gasteiger charge is -2.18. The molecule has 1 aliphatic rings. The second-order valence-electron chi connectivity index (χ2n) is 7.46. The monoisotopic (exact) mass is 394 g/mol. The second kappa shape index (κ2) is 8.16. The van der Waals surface area contributed by atoms with Gasteiger partial charge >= 0.3 is 0 Å². The standard InChI is InChI=1S/C21H26N6O2/c1-14-4-3-5-15(2)20(14)29-13-17(28)26-10-6-16(12-26)18-19-21(24-9-8-23-19)27(25-18)11-7-22/h3-5,8-9,16H,6-7,10-13,22H2,1-2H3/t16-/m0/s1. The Hall–Kier alpha value is -3.00. The molecule has 4 rings (SSSR count). The zero-order valence-corrected chi connectivity index (χ0v) is 16.8. The predicted octanol–water partition coefficient (Wildman–Crippen LogP) is 1.80. The summed E-state index contributed by atoms with van der Waals surface area (Å²) in [7, 11) is 0. The lowest BCUT2D eigenvalue weighted by Crippen LogP contribution is -2.33. The number of carbonyl (C=O) groups excluding carboxylic acids is 1. The molecule has 1 amide bonds. The minimum Gasteiger partial charge on any atom is -0.483 e. The Morgan fingerprint density at radius 1 is 1.24 bits per heavy atom. The molecule has 2 N–H and O–H groups in total. The number of aromatic nitrogens is 4. The van der Waals surface area contributed by atoms with Gasteiger partial charge in [0.05, 0.1) is 12.2 Å². The van der Waals surface area contributed by atoms with Crippen LogP contribution in [0, 0.1) is 13.8 Å². The maximum absolute atomic E-state index is 12.7. The summed E-state index contributed by atoms with van der Waals surface area (Å²) in [6.45, 7) is 6.39. The second-order valence-corrected chi connectivity index (χ2v) is 7.46. The average Bonchev–Trinajstić information content (AvgIpc) is 3.33. The Kier molecular flexibility index (Phi) is 5.44. The van der Waals surface area contributed by atoms with Crippen molar-refractivity contribution in [3.8, 4) is 5.75 Å². The van der Waals surface area contributed by atoms with Crippen molar-refractivity contribution in [1.82, 2.24) is 24.6 Å². The lowest BCUT2D eigenvalue weighted by molar-refractivity contribution is -0.132. The highest BCUT2D eigenvalue weighted by atomic mass is 16.5. The molecule has 0 radical (unpaired) electrons. The zero-order chi connectivity index (χ0) is 20.4. The van der Waals surface area contributed by atoms with Crippen molar-refractivity contribution < 1.29 is 9.53 Å². The number of nitrogens with zero attached hydrogens (tertiary/aromatic N) is 5. The number of likely N-dealkylation sites (tertiary alicyclic amines) is 1. The first-order valence-electron chi connectivity index (χ1n) is 9.92. The van der Waals surface area contributed by atoms with E-state index in [9.17, 15) is 4.79 Å². The topological polar surface area (TPSA) is 99.2 Å². The fourth-order valence-electron chi connectivity index (χ4n) is 3.94. The minimum absolute atomic E-state index is 0.00747. The molecule has 1 aliphatic heterocycles. The third-order valence-electron chi connectivity index (χ3n) is 5.41. The van der Waals surface area contributed by atoms with Crippen molar-refractivity contribution in [3.63, 3.8) is 0 Å². The summed E-state index contributed by atoms with van der Waals surface area (Å²) in [5, 5.41) is 4.71. The maximum Gasteiger partial charge on any atom is 0.260 e. The number of carbonyl (C=O) groups is 1. The Balaban J connectivity index is 1.45. The fraction of sp³-hybridized carbons (Fsp3) is 0.429. The molecule has 0 spiro atoms. The summed E-state index contributed by atoms with van der Waals surface area (Å²) in [5.41, 5.74) is 10.2. The number of nitrogens with two attached hydrogens (primary N) is 1. The first-order chi connectivity index (χ1) is 14.1. The number of aryl methyl sites for hydroxylation is 2. The van der Waals surface area contributed by atoms with Crippen molar-refractivity contribution in [3.05, 3.63) is 47.4 Å². The van der Waals surface area contributed by atoms with E-state index in [-0.39, 0.29) is 18.4 Å². The van der Waals surface area contributed by atoms with Gasteiger partial charge in [-0.1, -0.05) is 18.2 Å². The Morgan fingerprint density at radius 2 is 2.00 bits per heavy atom. The van der Waals surface area contributed by atoms with E-state index in [1.54, 1.807) is 12.4 Å². The number of hydrogen-bond acceptors (Lipinski definition) is 6. The quantitative estimate of drug-likeness (QED) is 0.684. The molecule has 3 heterocycles. The third kappa shape index (κ3) is 3.80. The van der Waals surface area contributed by atoms with Crippen LogP contribution in [0.1, 0.15) is 29.2 Å². The number of fused-ring (bicyclic) bond motifs is 1. The Bertz CT molecular complexity index is 1010. The summed E-state index contributed by atoms with van der Waals surface area (Å²) in [6.07, 6.45) is 4.19. The van der Waals surface area contributed by atoms with Crippen LogP contribution >= 0.6 is 0 Å². The van der Waals surface area contributed by atoms with Crippen molar-refractivity contribution in [1.29, 1.82) is 0 Å². The van der Waals surface area contributed by atoms with Crippen molar-refractivity contribution in [2.24, 2.45) is 5.73 Å². The van der Waals surface area contributed by atoms with Gasteiger partial charge in [-0.2, -0.15) is 5.10 Å². The van der Waals surface area contributed by atoms with Crippen molar-refractivity contribution in [2.45, 2.75) is 32.7 Å². The zero-order valence-electron chi connectivity index (χ0n) is 16.8. The van der Waals surface area contributed by atoms with Crippen LogP contribution in [0.25, 0.3) is 11.2 Å². The highest BCUT2D eigenvalue weighted by molar-refractivity contribution is 5.79. The number of hydrogen-bond donors (Lipinski definition) is 1. The third-order valence-corrected chi connectivity index (χ3v) is 5.41. The molecule has 152 valence electrons. The van der Waals surface area contributed by atoms with E-state index in [1.165, 1.54) is 0 Å². The van der Waals surface area contributed by atoms with Crippen molar-refractivity contribution in [2.75, 3.05) is 26.2 Å². The van der Waals surface area contributed by atoms with Gasteiger partial charge in [-0.15, -0.1) is 0 Å². The summed E-state index contributed by atoms with van der Waals surface area (Å²) in [6, 6.07) is 5.96. The number of rotatable bonds is 6. The molecular weight excluding hydrogens is 368 g/mol. The lowest BCUT2D eigenvalue weighted by atomic mass is 10.0. The summed E-state index contributed by atoms with van der Waals surface area (Å²) in [4.78, 5) is 23.5. The minimum atomic E-state index is -0.00747. The maximum atomic E-state index is 12.7. The molecule has 8 heteroatoms. The molecule has 0 aliphatic carbocycles. The molecule has 0 bridgehead atoms. The van der Waals surface area contributed by atoms with Gasteiger partial charge in [-0.3, -0.25) is 4.79 Å². The van der Waals surface area contributed by atoms with Crippen molar-refractivity contribution >= 4 is 17.1 Å². The van der Waals surface area contributed by atoms with Gasteiger partial charge in [0.2, 0.25) is 0 Å². The van der Waals surface area contributed by atoms with Gasteiger partial charge in [-0.05, 0) is 31.4 Å². The molecule has 0 saturated carbocycles. The highest BCUT2D eigenvalue weighted by Gasteiger charge is 2.31. The molecule has 2 aromatic heterocycles. The normalized spacial score (nSPS) is 16.5. The van der Waals surface area contributed by atoms with E-state index in [4.69, 9.17) is 15.6 Å².